The summed E-state index contributed by atoms with van der Waals surface area (Å²) in [5.74, 6) is -0.304. The summed E-state index contributed by atoms with van der Waals surface area (Å²) in [5.41, 5.74) is 2.08. The van der Waals surface area contributed by atoms with Gasteiger partial charge in [-0.15, -0.1) is 0 Å². The van der Waals surface area contributed by atoms with Crippen LogP contribution >= 0.6 is 0 Å². The minimum atomic E-state index is -1.29. The number of nitrogens with one attached hydrogen (secondary N) is 3. The Balaban J connectivity index is 3.00. The van der Waals surface area contributed by atoms with Gasteiger partial charge in [-0.1, -0.05) is 0 Å². The van der Waals surface area contributed by atoms with Crippen LogP contribution in [-0.2, 0) is 4.79 Å². The van der Waals surface area contributed by atoms with Gasteiger partial charge < -0.3 is 10.4 Å². The second-order valence-electron chi connectivity index (χ2n) is 3.35. The lowest BCUT2D eigenvalue weighted by molar-refractivity contribution is -0.996. The lowest BCUT2D eigenvalue weighted by atomic mass is 10.2. The van der Waals surface area contributed by atoms with Crippen LogP contribution in [0.25, 0.3) is 0 Å². The Bertz CT molecular complexity index is 460. The van der Waals surface area contributed by atoms with Gasteiger partial charge in [-0.25, -0.2) is 10.4 Å². The van der Waals surface area contributed by atoms with Crippen LogP contribution in [0, 0.1) is 10.4 Å². The van der Waals surface area contributed by atoms with Gasteiger partial charge in [-0.3, -0.25) is 10.2 Å². The number of nitrogens with zero attached hydrogens (tertiary/aromatic N) is 1. The maximum Gasteiger partial charge on any atom is 0.195 e. The average molecular weight is 256 g/mol. The van der Waals surface area contributed by atoms with E-state index in [2.05, 4.69) is 10.5 Å². The average Bonchev–Trinajstić information content (AvgIpc) is 2.28. The van der Waals surface area contributed by atoms with Crippen LogP contribution in [0.3, 0.4) is 0 Å². The quantitative estimate of drug-likeness (QED) is 0.320. The number of hydrogen-bond acceptors (Lipinski definition) is 7. The molecule has 1 aromatic rings. The number of quaternary nitrogens is 2. The van der Waals surface area contributed by atoms with E-state index >= 15 is 0 Å². The van der Waals surface area contributed by atoms with Crippen LogP contribution in [0.1, 0.15) is 6.92 Å². The van der Waals surface area contributed by atoms with Crippen molar-refractivity contribution in [2.75, 3.05) is 5.43 Å². The number of carbonyl (C=O) groups is 1. The maximum absolute atomic E-state index is 10.9. The summed E-state index contributed by atoms with van der Waals surface area (Å²) in [5, 5.41) is 40.3. The monoisotopic (exact) mass is 256 g/mol. The normalized spacial score (nSPS) is 14.5. The molecular weight excluding hydrogens is 244 g/mol. The summed E-state index contributed by atoms with van der Waals surface area (Å²) >= 11 is 0. The van der Waals surface area contributed by atoms with Crippen LogP contribution in [-0.4, -0.2) is 22.4 Å². The van der Waals surface area contributed by atoms with Gasteiger partial charge in [-0.2, -0.15) is 15.6 Å². The molecule has 9 heteroatoms. The highest BCUT2D eigenvalue weighted by atomic mass is 16.8. The first kappa shape index (κ1) is 14.2. The number of ketones is 1. The number of benzene rings is 1. The highest BCUT2D eigenvalue weighted by molar-refractivity contribution is 6.26. The van der Waals surface area contributed by atoms with Crippen molar-refractivity contribution in [3.8, 4) is 0 Å². The molecule has 2 atom stereocenters. The van der Waals surface area contributed by atoms with Crippen molar-refractivity contribution in [3.05, 3.63) is 28.6 Å². The first-order chi connectivity index (χ1) is 8.41. The number of hydrazone groups is 1. The molecule has 0 amide bonds. The number of carbonyl (C=O) groups excluding carboxylic acids is 1. The summed E-state index contributed by atoms with van der Waals surface area (Å²) in [6.45, 7) is 1.29. The Kier molecular flexibility index (Phi) is 4.85. The highest BCUT2D eigenvalue weighted by Crippen LogP contribution is 2.20. The third-order valence-electron chi connectivity index (χ3n) is 1.93. The molecule has 0 saturated heterocycles. The minimum absolute atomic E-state index is 0.102. The largest absolute Gasteiger partial charge is 0.595 e. The molecule has 9 nitrogen and oxygen atoms in total. The van der Waals surface area contributed by atoms with E-state index in [-0.39, 0.29) is 22.8 Å². The molecule has 2 unspecified atom stereocenters. The van der Waals surface area contributed by atoms with Crippen molar-refractivity contribution in [3.63, 3.8) is 0 Å². The van der Waals surface area contributed by atoms with E-state index in [4.69, 9.17) is 10.4 Å². The lowest BCUT2D eigenvalue weighted by Gasteiger charge is -2.17. The molecule has 0 saturated carbocycles. The third kappa shape index (κ3) is 3.85. The van der Waals surface area contributed by atoms with E-state index in [0.717, 1.165) is 12.3 Å². The molecule has 0 aromatic heterocycles. The molecule has 0 fully saturated rings. The molecule has 5 N–H and O–H groups in total. The van der Waals surface area contributed by atoms with Gasteiger partial charge in [0.25, 0.3) is 0 Å². The van der Waals surface area contributed by atoms with Crippen LogP contribution in [0.15, 0.2) is 23.3 Å². The summed E-state index contributed by atoms with van der Waals surface area (Å²) < 4.78 is 0. The third-order valence-corrected chi connectivity index (χ3v) is 1.93. The Hall–Kier alpha value is -1.88. The second kappa shape index (κ2) is 6.16. The van der Waals surface area contributed by atoms with Gasteiger partial charge in [0.1, 0.15) is 5.69 Å². The Morgan fingerprint density at radius 2 is 2.06 bits per heavy atom. The predicted octanol–water partition coefficient (Wildman–Crippen LogP) is -1.52. The van der Waals surface area contributed by atoms with E-state index in [1.807, 2.05) is 0 Å². The van der Waals surface area contributed by atoms with E-state index in [1.54, 1.807) is 0 Å². The van der Waals surface area contributed by atoms with Gasteiger partial charge >= 0.3 is 0 Å². The SMILES string of the molecule is CC(=O)C=NNc1ccc([NH+]([O-])O)cc1[NH+]([O-])O. The first-order valence-electron chi connectivity index (χ1n) is 4.82. The Morgan fingerprint density at radius 1 is 1.39 bits per heavy atom. The summed E-state index contributed by atoms with van der Waals surface area (Å²) in [7, 11) is 0. The van der Waals surface area contributed by atoms with Gasteiger partial charge in [0, 0.05) is 13.0 Å². The molecule has 0 radical (unpaired) electrons. The zero-order valence-electron chi connectivity index (χ0n) is 9.38. The van der Waals surface area contributed by atoms with Gasteiger partial charge in [0.2, 0.25) is 0 Å². The van der Waals surface area contributed by atoms with E-state index in [0.29, 0.717) is 0 Å². The summed E-state index contributed by atoms with van der Waals surface area (Å²) in [4.78, 5) is 10.6. The Morgan fingerprint density at radius 3 is 2.56 bits per heavy atom. The van der Waals surface area contributed by atoms with Gasteiger partial charge in [0.05, 0.1) is 12.3 Å². The molecule has 0 aliphatic heterocycles. The fraction of sp³-hybridized carbons (Fsp3) is 0.111. The number of hydrogen-bond donors (Lipinski definition) is 5. The van der Waals surface area contributed by atoms with Crippen molar-refractivity contribution in [1.82, 2.24) is 0 Å². The predicted molar refractivity (Wildman–Crippen MR) is 60.8 cm³/mol. The van der Waals surface area contributed by atoms with Crippen LogP contribution < -0.4 is 15.9 Å². The molecule has 0 bridgehead atoms. The van der Waals surface area contributed by atoms with E-state index < -0.39 is 10.5 Å². The zero-order chi connectivity index (χ0) is 13.7. The van der Waals surface area contributed by atoms with Gasteiger partial charge in [0.15, 0.2) is 17.2 Å². The smallest absolute Gasteiger partial charge is 0.195 e. The molecule has 0 aliphatic carbocycles. The molecular formula is C9H12N4O5. The molecule has 1 aromatic carbocycles. The number of Topliss-reactive ketones (excluding diaryl/α,β-unsaturated/α-hetero) is 1. The van der Waals surface area contributed by atoms with Crippen molar-refractivity contribution >= 4 is 29.1 Å². The molecule has 1 rings (SSSR count). The molecule has 0 aliphatic rings. The van der Waals surface area contributed by atoms with Crippen molar-refractivity contribution in [2.45, 2.75) is 6.92 Å². The van der Waals surface area contributed by atoms with Crippen molar-refractivity contribution < 1.29 is 25.7 Å². The standard InChI is InChI=1S/C9H12N4O5/c1-6(14)5-10-11-8-3-2-7(12(15)16)4-9(8)13(17)18/h2-5,11-13,15,17H,1H3. The lowest BCUT2D eigenvalue weighted by Crippen LogP contribution is -3.00. The summed E-state index contributed by atoms with van der Waals surface area (Å²) in [6.07, 6.45) is 0.983. The topological polar surface area (TPSA) is 137 Å². The van der Waals surface area contributed by atoms with E-state index in [9.17, 15) is 15.2 Å². The van der Waals surface area contributed by atoms with Gasteiger partial charge in [-0.05, 0) is 6.07 Å². The molecule has 18 heavy (non-hydrogen) atoms. The minimum Gasteiger partial charge on any atom is -0.595 e. The summed E-state index contributed by atoms with van der Waals surface area (Å²) in [6, 6.07) is 3.51. The van der Waals surface area contributed by atoms with E-state index in [1.165, 1.54) is 19.1 Å². The molecule has 0 spiro atoms. The fourth-order valence-electron chi connectivity index (χ4n) is 1.14. The maximum atomic E-state index is 10.9. The van der Waals surface area contributed by atoms with Crippen molar-refractivity contribution in [2.24, 2.45) is 5.10 Å². The first-order valence-corrected chi connectivity index (χ1v) is 4.82. The van der Waals surface area contributed by atoms with Crippen LogP contribution in [0.5, 0.6) is 0 Å². The highest BCUT2D eigenvalue weighted by Gasteiger charge is 2.13. The van der Waals surface area contributed by atoms with Crippen LogP contribution in [0.4, 0.5) is 17.1 Å². The second-order valence-corrected chi connectivity index (χ2v) is 3.35. The molecule has 0 heterocycles. The van der Waals surface area contributed by atoms with Crippen LogP contribution in [0.2, 0.25) is 0 Å². The Labute approximate surface area is 102 Å². The zero-order valence-corrected chi connectivity index (χ0v) is 9.38. The number of rotatable bonds is 5. The van der Waals surface area contributed by atoms with Crippen molar-refractivity contribution in [1.29, 1.82) is 0 Å². The fourth-order valence-corrected chi connectivity index (χ4v) is 1.14. The molecule has 98 valence electrons. The number of anilines is 1.